The molecule has 0 unspecified atom stereocenters. The van der Waals surface area contributed by atoms with E-state index in [0.717, 1.165) is 0 Å². The summed E-state index contributed by atoms with van der Waals surface area (Å²) in [5, 5.41) is 14.2. The van der Waals surface area contributed by atoms with E-state index in [1.807, 2.05) is 0 Å². The van der Waals surface area contributed by atoms with Crippen molar-refractivity contribution >= 4 is 23.4 Å². The molecule has 0 radical (unpaired) electrons. The molecule has 126 valence electrons. The number of rotatable bonds is 5. The molecule has 0 aliphatic carbocycles. The van der Waals surface area contributed by atoms with E-state index >= 15 is 0 Å². The van der Waals surface area contributed by atoms with Crippen LogP contribution in [0.5, 0.6) is 11.5 Å². The van der Waals surface area contributed by atoms with Gasteiger partial charge in [-0.1, -0.05) is 0 Å². The monoisotopic (exact) mass is 334 g/mol. The van der Waals surface area contributed by atoms with Gasteiger partial charge in [0.1, 0.15) is 5.82 Å². The Morgan fingerprint density at radius 1 is 1.00 bits per heavy atom. The molecule has 0 heterocycles. The first-order chi connectivity index (χ1) is 11.4. The lowest BCUT2D eigenvalue weighted by Gasteiger charge is -2.14. The standard InChI is InChI=1S/C16H15FN2O5/c1-23-13-7-11(15(20)21)12(8-14(13)24-2)19-16(22)18-10-5-3-9(17)4-6-10/h3-8H,1-2H3,(H,20,21)(H2,18,19,22). The van der Waals surface area contributed by atoms with Gasteiger partial charge in [0.25, 0.3) is 0 Å². The minimum Gasteiger partial charge on any atom is -0.493 e. The second-order valence-corrected chi connectivity index (χ2v) is 4.64. The Balaban J connectivity index is 2.25. The highest BCUT2D eigenvalue weighted by molar-refractivity contribution is 6.05. The van der Waals surface area contributed by atoms with E-state index in [2.05, 4.69) is 10.6 Å². The molecular weight excluding hydrogens is 319 g/mol. The van der Waals surface area contributed by atoms with Gasteiger partial charge < -0.3 is 25.2 Å². The number of methoxy groups -OCH3 is 2. The Hall–Kier alpha value is -3.29. The maximum absolute atomic E-state index is 12.8. The van der Waals surface area contributed by atoms with Gasteiger partial charge in [-0.05, 0) is 24.3 Å². The molecule has 2 amide bonds. The van der Waals surface area contributed by atoms with Crippen LogP contribution in [0.3, 0.4) is 0 Å². The maximum Gasteiger partial charge on any atom is 0.337 e. The van der Waals surface area contributed by atoms with Crippen molar-refractivity contribution in [2.24, 2.45) is 0 Å². The number of hydrogen-bond acceptors (Lipinski definition) is 4. The molecule has 2 aromatic carbocycles. The molecule has 0 bridgehead atoms. The van der Waals surface area contributed by atoms with Crippen LogP contribution in [0.4, 0.5) is 20.6 Å². The normalized spacial score (nSPS) is 9.96. The minimum absolute atomic E-state index is 0.0276. The van der Waals surface area contributed by atoms with Gasteiger partial charge in [-0.25, -0.2) is 14.0 Å². The molecule has 0 fully saturated rings. The number of carboxylic acid groups (broad SMARTS) is 1. The third-order valence-electron chi connectivity index (χ3n) is 3.10. The topological polar surface area (TPSA) is 96.9 Å². The average Bonchev–Trinajstić information content (AvgIpc) is 2.56. The van der Waals surface area contributed by atoms with E-state index in [0.29, 0.717) is 5.69 Å². The van der Waals surface area contributed by atoms with Crippen LogP contribution in [0.25, 0.3) is 0 Å². The molecule has 7 nitrogen and oxygen atoms in total. The Morgan fingerprint density at radius 3 is 2.12 bits per heavy atom. The van der Waals surface area contributed by atoms with Crippen molar-refractivity contribution in [2.75, 3.05) is 24.9 Å². The van der Waals surface area contributed by atoms with Crippen molar-refractivity contribution in [1.29, 1.82) is 0 Å². The van der Waals surface area contributed by atoms with Crippen LogP contribution in [0, 0.1) is 5.82 Å². The third kappa shape index (κ3) is 3.92. The first-order valence-electron chi connectivity index (χ1n) is 6.77. The number of carboxylic acids is 1. The number of nitrogens with one attached hydrogen (secondary N) is 2. The lowest BCUT2D eigenvalue weighted by atomic mass is 10.1. The molecule has 0 spiro atoms. The molecule has 0 saturated heterocycles. The predicted octanol–water partition coefficient (Wildman–Crippen LogP) is 3.19. The molecule has 0 saturated carbocycles. The molecule has 0 aliphatic rings. The Bertz CT molecular complexity index is 762. The van der Waals surface area contributed by atoms with Crippen LogP contribution in [0.1, 0.15) is 10.4 Å². The van der Waals surface area contributed by atoms with Crippen molar-refractivity contribution < 1.29 is 28.6 Å². The Kier molecular flexibility index (Phi) is 5.20. The molecule has 0 aromatic heterocycles. The predicted molar refractivity (Wildman–Crippen MR) is 85.5 cm³/mol. The van der Waals surface area contributed by atoms with Gasteiger partial charge in [0.15, 0.2) is 11.5 Å². The van der Waals surface area contributed by atoms with E-state index < -0.39 is 17.8 Å². The molecule has 0 atom stereocenters. The van der Waals surface area contributed by atoms with Crippen molar-refractivity contribution in [3.63, 3.8) is 0 Å². The van der Waals surface area contributed by atoms with Crippen LogP contribution >= 0.6 is 0 Å². The molecule has 3 N–H and O–H groups in total. The lowest BCUT2D eigenvalue weighted by molar-refractivity contribution is 0.0697. The fourth-order valence-electron chi connectivity index (χ4n) is 1.98. The average molecular weight is 334 g/mol. The molecule has 2 rings (SSSR count). The van der Waals surface area contributed by atoms with E-state index in [9.17, 15) is 19.1 Å². The summed E-state index contributed by atoms with van der Waals surface area (Å²) >= 11 is 0. The second kappa shape index (κ2) is 7.32. The highest BCUT2D eigenvalue weighted by Gasteiger charge is 2.18. The van der Waals surface area contributed by atoms with Gasteiger partial charge in [0.05, 0.1) is 25.5 Å². The number of hydrogen-bond donors (Lipinski definition) is 3. The van der Waals surface area contributed by atoms with Gasteiger partial charge >= 0.3 is 12.0 Å². The van der Waals surface area contributed by atoms with Crippen LogP contribution in [-0.4, -0.2) is 31.3 Å². The second-order valence-electron chi connectivity index (χ2n) is 4.64. The maximum atomic E-state index is 12.8. The molecule has 24 heavy (non-hydrogen) atoms. The van der Waals surface area contributed by atoms with Gasteiger partial charge in [-0.3, -0.25) is 0 Å². The summed E-state index contributed by atoms with van der Waals surface area (Å²) in [6, 6.07) is 7.03. The van der Waals surface area contributed by atoms with Crippen LogP contribution in [0.15, 0.2) is 36.4 Å². The van der Waals surface area contributed by atoms with Gasteiger partial charge in [0.2, 0.25) is 0 Å². The summed E-state index contributed by atoms with van der Waals surface area (Å²) in [5.74, 6) is -1.19. The van der Waals surface area contributed by atoms with Gasteiger partial charge in [0, 0.05) is 17.8 Å². The Labute approximate surface area is 137 Å². The van der Waals surface area contributed by atoms with Crippen LogP contribution in [-0.2, 0) is 0 Å². The zero-order chi connectivity index (χ0) is 17.7. The number of benzene rings is 2. The van der Waals surface area contributed by atoms with E-state index in [-0.39, 0.29) is 22.7 Å². The summed E-state index contributed by atoms with van der Waals surface area (Å²) in [5.41, 5.74) is 0.216. The zero-order valence-corrected chi connectivity index (χ0v) is 12.9. The van der Waals surface area contributed by atoms with Crippen LogP contribution < -0.4 is 20.1 Å². The lowest BCUT2D eigenvalue weighted by Crippen LogP contribution is -2.21. The van der Waals surface area contributed by atoms with Gasteiger partial charge in [-0.15, -0.1) is 0 Å². The third-order valence-corrected chi connectivity index (χ3v) is 3.10. The first-order valence-corrected chi connectivity index (χ1v) is 6.77. The van der Waals surface area contributed by atoms with Crippen molar-refractivity contribution in [3.05, 3.63) is 47.8 Å². The van der Waals surface area contributed by atoms with E-state index in [1.165, 1.54) is 50.6 Å². The summed E-state index contributed by atoms with van der Waals surface area (Å²) in [4.78, 5) is 23.4. The summed E-state index contributed by atoms with van der Waals surface area (Å²) in [6.45, 7) is 0. The van der Waals surface area contributed by atoms with Gasteiger partial charge in [-0.2, -0.15) is 0 Å². The van der Waals surface area contributed by atoms with E-state index in [1.54, 1.807) is 0 Å². The summed E-state index contributed by atoms with van der Waals surface area (Å²) in [7, 11) is 2.76. The minimum atomic E-state index is -1.24. The Morgan fingerprint density at radius 2 is 1.58 bits per heavy atom. The molecule has 0 aliphatic heterocycles. The summed E-state index contributed by atoms with van der Waals surface area (Å²) < 4.78 is 23.0. The smallest absolute Gasteiger partial charge is 0.337 e. The SMILES string of the molecule is COc1cc(NC(=O)Nc2ccc(F)cc2)c(C(=O)O)cc1OC. The van der Waals surface area contributed by atoms with Crippen LogP contribution in [0.2, 0.25) is 0 Å². The van der Waals surface area contributed by atoms with Crippen molar-refractivity contribution in [2.45, 2.75) is 0 Å². The highest BCUT2D eigenvalue weighted by Crippen LogP contribution is 2.33. The zero-order valence-electron chi connectivity index (χ0n) is 12.9. The van der Waals surface area contributed by atoms with E-state index in [4.69, 9.17) is 9.47 Å². The quantitative estimate of drug-likeness (QED) is 0.780. The van der Waals surface area contributed by atoms with Crippen molar-refractivity contribution in [1.82, 2.24) is 0 Å². The summed E-state index contributed by atoms with van der Waals surface area (Å²) in [6.07, 6.45) is 0. The fourth-order valence-corrected chi connectivity index (χ4v) is 1.98. The number of anilines is 2. The number of carbonyl (C=O) groups excluding carboxylic acids is 1. The number of ether oxygens (including phenoxy) is 2. The first kappa shape index (κ1) is 17.1. The highest BCUT2D eigenvalue weighted by atomic mass is 19.1. The molecule has 2 aromatic rings. The largest absolute Gasteiger partial charge is 0.493 e. The number of halogens is 1. The number of carbonyl (C=O) groups is 2. The molecule has 8 heteroatoms. The number of urea groups is 1. The van der Waals surface area contributed by atoms with Crippen molar-refractivity contribution in [3.8, 4) is 11.5 Å². The number of aromatic carboxylic acids is 1. The number of amides is 2. The fraction of sp³-hybridized carbons (Fsp3) is 0.125. The molecular formula is C16H15FN2O5.